The van der Waals surface area contributed by atoms with Crippen LogP contribution in [0.1, 0.15) is 5.56 Å². The van der Waals surface area contributed by atoms with Crippen molar-refractivity contribution >= 4 is 21.0 Å². The largest absolute Gasteiger partial charge is 0.744 e. The van der Waals surface area contributed by atoms with E-state index in [4.69, 9.17) is 4.74 Å². The highest BCUT2D eigenvalue weighted by Crippen LogP contribution is 2.32. The number of aryl methyl sites for hydroxylation is 1. The minimum atomic E-state index is -4.27. The van der Waals surface area contributed by atoms with Gasteiger partial charge in [0.15, 0.2) is 14.7 Å². The molecule has 4 rings (SSSR count). The van der Waals surface area contributed by atoms with E-state index < -0.39 is 10.1 Å². The van der Waals surface area contributed by atoms with Crippen molar-refractivity contribution in [3.63, 3.8) is 0 Å². The van der Waals surface area contributed by atoms with Crippen molar-refractivity contribution in [3.8, 4) is 5.75 Å². The minimum absolute atomic E-state index is 0.107. The van der Waals surface area contributed by atoms with Crippen LogP contribution in [0.2, 0.25) is 0 Å². The highest BCUT2D eigenvalue weighted by molar-refractivity contribution is 7.97. The van der Waals surface area contributed by atoms with Gasteiger partial charge >= 0.3 is 0 Å². The Balaban J connectivity index is 0.000000222. The molecule has 0 heterocycles. The first-order valence-electron chi connectivity index (χ1n) is 9.89. The third-order valence-electron chi connectivity index (χ3n) is 4.54. The molecular weight excluding hydrogens is 440 g/mol. The fourth-order valence-electron chi connectivity index (χ4n) is 2.95. The van der Waals surface area contributed by atoms with Crippen LogP contribution >= 0.6 is 0 Å². The molecule has 4 aromatic carbocycles. The Labute approximate surface area is 192 Å². The molecule has 0 N–H and O–H groups in total. The number of methoxy groups -OCH3 is 1. The molecule has 6 heteroatoms. The quantitative estimate of drug-likeness (QED) is 0.281. The zero-order valence-corrected chi connectivity index (χ0v) is 19.5. The Hall–Kier alpha value is -3.06. The molecular formula is C26H24O4S2. The molecule has 0 amide bonds. The van der Waals surface area contributed by atoms with E-state index in [0.29, 0.717) is 0 Å². The van der Waals surface area contributed by atoms with Gasteiger partial charge in [-0.15, -0.1) is 0 Å². The summed E-state index contributed by atoms with van der Waals surface area (Å²) in [6.07, 6.45) is 0. The highest BCUT2D eigenvalue weighted by atomic mass is 32.2. The first-order valence-corrected chi connectivity index (χ1v) is 12.5. The second kappa shape index (κ2) is 11.0. The predicted octanol–water partition coefficient (Wildman–Crippen LogP) is 5.69. The van der Waals surface area contributed by atoms with E-state index in [9.17, 15) is 13.0 Å². The fraction of sp³-hybridized carbons (Fsp3) is 0.0769. The van der Waals surface area contributed by atoms with Gasteiger partial charge < -0.3 is 9.29 Å². The van der Waals surface area contributed by atoms with Crippen molar-refractivity contribution in [1.82, 2.24) is 0 Å². The summed E-state index contributed by atoms with van der Waals surface area (Å²) in [6, 6.07) is 35.4. The Morgan fingerprint density at radius 1 is 0.688 bits per heavy atom. The van der Waals surface area contributed by atoms with Gasteiger partial charge in [-0.25, -0.2) is 8.42 Å². The van der Waals surface area contributed by atoms with E-state index in [-0.39, 0.29) is 15.8 Å². The number of hydrogen-bond donors (Lipinski definition) is 0. The normalized spacial score (nSPS) is 10.9. The molecule has 0 saturated heterocycles. The van der Waals surface area contributed by atoms with Gasteiger partial charge in [-0.05, 0) is 55.5 Å². The topological polar surface area (TPSA) is 66.4 Å². The van der Waals surface area contributed by atoms with Crippen LogP contribution in [0.3, 0.4) is 0 Å². The summed E-state index contributed by atoms with van der Waals surface area (Å²) in [5.74, 6) is 0.900. The standard InChI is InChI=1S/C19H17OS.C7H8O3S/c1-20-16-9-8-14-19(15-16)21(17-10-4-2-5-11-17)18-12-6-3-7-13-18;1-6-2-4-7(5-3-6)11(8,9)10/h2-15H,1H3;2-5H,1H3,(H,8,9,10)/q+1;/p-1. The van der Waals surface area contributed by atoms with E-state index in [0.717, 1.165) is 11.3 Å². The average Bonchev–Trinajstić information content (AvgIpc) is 2.81. The highest BCUT2D eigenvalue weighted by Gasteiger charge is 2.28. The zero-order valence-electron chi connectivity index (χ0n) is 17.8. The van der Waals surface area contributed by atoms with Crippen LogP contribution in [0.5, 0.6) is 5.75 Å². The van der Waals surface area contributed by atoms with Gasteiger partial charge in [0.2, 0.25) is 0 Å². The van der Waals surface area contributed by atoms with E-state index in [1.807, 2.05) is 13.0 Å². The van der Waals surface area contributed by atoms with E-state index in [1.54, 1.807) is 19.2 Å². The van der Waals surface area contributed by atoms with Crippen molar-refractivity contribution in [2.24, 2.45) is 0 Å². The molecule has 0 aliphatic rings. The van der Waals surface area contributed by atoms with Gasteiger partial charge in [-0.2, -0.15) is 0 Å². The monoisotopic (exact) mass is 464 g/mol. The summed E-state index contributed by atoms with van der Waals surface area (Å²) in [5, 5.41) is 0. The van der Waals surface area contributed by atoms with Crippen molar-refractivity contribution in [3.05, 3.63) is 115 Å². The minimum Gasteiger partial charge on any atom is -0.744 e. The van der Waals surface area contributed by atoms with E-state index in [1.165, 1.54) is 26.8 Å². The molecule has 0 unspecified atom stereocenters. The lowest BCUT2D eigenvalue weighted by Crippen LogP contribution is -2.04. The summed E-state index contributed by atoms with van der Waals surface area (Å²) >= 11 is 0. The van der Waals surface area contributed by atoms with Crippen LogP contribution in [0, 0.1) is 6.92 Å². The van der Waals surface area contributed by atoms with Gasteiger partial charge in [0.05, 0.1) is 22.9 Å². The molecule has 4 aromatic rings. The molecule has 0 radical (unpaired) electrons. The van der Waals surface area contributed by atoms with Gasteiger partial charge in [-0.1, -0.05) is 60.2 Å². The Bertz CT molecular complexity index is 1180. The summed E-state index contributed by atoms with van der Waals surface area (Å²) in [5.41, 5.74) is 0.928. The summed E-state index contributed by atoms with van der Waals surface area (Å²) < 4.78 is 36.5. The Morgan fingerprint density at radius 3 is 1.66 bits per heavy atom. The van der Waals surface area contributed by atoms with Crippen molar-refractivity contribution in [1.29, 1.82) is 0 Å². The maximum atomic E-state index is 10.4. The first kappa shape index (κ1) is 23.6. The maximum absolute atomic E-state index is 10.4. The van der Waals surface area contributed by atoms with Crippen molar-refractivity contribution in [2.45, 2.75) is 26.5 Å². The van der Waals surface area contributed by atoms with E-state index in [2.05, 4.69) is 78.9 Å². The SMILES string of the molecule is COc1cccc([S+](c2ccccc2)c2ccccc2)c1.Cc1ccc(S(=O)(=O)[O-])cc1. The maximum Gasteiger partial charge on any atom is 0.170 e. The number of rotatable bonds is 5. The summed E-state index contributed by atoms with van der Waals surface area (Å²) in [7, 11) is -2.67. The van der Waals surface area contributed by atoms with Crippen LogP contribution in [0.25, 0.3) is 0 Å². The zero-order chi connectivity index (χ0) is 23.0. The van der Waals surface area contributed by atoms with Gasteiger partial charge in [0, 0.05) is 6.07 Å². The van der Waals surface area contributed by atoms with Crippen LogP contribution in [-0.4, -0.2) is 20.1 Å². The number of benzene rings is 4. The molecule has 0 spiro atoms. The Kier molecular flexibility index (Phi) is 8.11. The van der Waals surface area contributed by atoms with Gasteiger partial charge in [0.1, 0.15) is 15.9 Å². The first-order chi connectivity index (χ1) is 15.4. The van der Waals surface area contributed by atoms with Crippen LogP contribution in [0.4, 0.5) is 0 Å². The molecule has 0 aromatic heterocycles. The molecule has 0 atom stereocenters. The number of hydrogen-bond acceptors (Lipinski definition) is 4. The third-order valence-corrected chi connectivity index (χ3v) is 7.61. The van der Waals surface area contributed by atoms with E-state index >= 15 is 0 Å². The molecule has 4 nitrogen and oxygen atoms in total. The molecule has 164 valence electrons. The molecule has 32 heavy (non-hydrogen) atoms. The second-order valence-corrected chi connectivity index (χ2v) is 10.3. The van der Waals surface area contributed by atoms with Crippen molar-refractivity contribution in [2.75, 3.05) is 7.11 Å². The van der Waals surface area contributed by atoms with Crippen LogP contribution in [-0.2, 0) is 21.0 Å². The smallest absolute Gasteiger partial charge is 0.170 e. The van der Waals surface area contributed by atoms with Crippen molar-refractivity contribution < 1.29 is 17.7 Å². The molecule has 0 saturated carbocycles. The lowest BCUT2D eigenvalue weighted by Gasteiger charge is -2.08. The fourth-order valence-corrected chi connectivity index (χ4v) is 5.55. The lowest BCUT2D eigenvalue weighted by atomic mass is 10.2. The molecule has 0 aliphatic heterocycles. The predicted molar refractivity (Wildman–Crippen MR) is 127 cm³/mol. The second-order valence-electron chi connectivity index (χ2n) is 6.88. The molecule has 0 aliphatic carbocycles. The lowest BCUT2D eigenvalue weighted by molar-refractivity contribution is 0.413. The summed E-state index contributed by atoms with van der Waals surface area (Å²) in [6.45, 7) is 1.82. The molecule has 0 fully saturated rings. The Morgan fingerprint density at radius 2 is 1.19 bits per heavy atom. The van der Waals surface area contributed by atoms with Crippen LogP contribution < -0.4 is 4.74 Å². The molecule has 0 bridgehead atoms. The van der Waals surface area contributed by atoms with Gasteiger partial charge in [0.25, 0.3) is 0 Å². The van der Waals surface area contributed by atoms with Crippen LogP contribution in [0.15, 0.2) is 129 Å². The third kappa shape index (κ3) is 6.47. The average molecular weight is 465 g/mol. The number of ether oxygens (including phenoxy) is 1. The summed E-state index contributed by atoms with van der Waals surface area (Å²) in [4.78, 5) is 3.73. The van der Waals surface area contributed by atoms with Gasteiger partial charge in [-0.3, -0.25) is 0 Å².